The molecular weight excluding hydrogens is 296 g/mol. The van der Waals surface area contributed by atoms with Gasteiger partial charge in [0.05, 0.1) is 11.7 Å². The molecule has 0 saturated carbocycles. The SMILES string of the molecule is N=C(N)Cc1ccc2c(c1)C1CCC2c2cc(CC(=N)N)ccc21. The summed E-state index contributed by atoms with van der Waals surface area (Å²) in [6, 6.07) is 13.2. The van der Waals surface area contributed by atoms with Crippen LogP contribution in [0.2, 0.25) is 0 Å². The third-order valence-electron chi connectivity index (χ3n) is 5.34. The van der Waals surface area contributed by atoms with Crippen LogP contribution in [-0.4, -0.2) is 11.7 Å². The monoisotopic (exact) mass is 318 g/mol. The molecule has 3 aliphatic carbocycles. The van der Waals surface area contributed by atoms with E-state index in [2.05, 4.69) is 36.4 Å². The second kappa shape index (κ2) is 5.48. The molecule has 122 valence electrons. The first-order valence-corrected chi connectivity index (χ1v) is 8.44. The molecule has 6 N–H and O–H groups in total. The summed E-state index contributed by atoms with van der Waals surface area (Å²) in [5.74, 6) is 1.31. The van der Waals surface area contributed by atoms with Crippen molar-refractivity contribution in [2.24, 2.45) is 11.5 Å². The zero-order valence-corrected chi connectivity index (χ0v) is 13.6. The van der Waals surface area contributed by atoms with Crippen LogP contribution in [0, 0.1) is 10.8 Å². The average Bonchev–Trinajstić information content (AvgIpc) is 2.54. The van der Waals surface area contributed by atoms with Crippen molar-refractivity contribution in [1.29, 1.82) is 10.8 Å². The van der Waals surface area contributed by atoms with Gasteiger partial charge in [-0.3, -0.25) is 10.8 Å². The Balaban J connectivity index is 1.76. The van der Waals surface area contributed by atoms with Gasteiger partial charge in [-0.25, -0.2) is 0 Å². The van der Waals surface area contributed by atoms with E-state index in [0.717, 1.165) is 11.1 Å². The third-order valence-corrected chi connectivity index (χ3v) is 5.34. The molecule has 3 aliphatic rings. The fraction of sp³-hybridized carbons (Fsp3) is 0.300. The number of amidine groups is 2. The number of nitrogens with two attached hydrogens (primary N) is 2. The molecule has 0 fully saturated rings. The van der Waals surface area contributed by atoms with E-state index < -0.39 is 0 Å². The predicted molar refractivity (Wildman–Crippen MR) is 97.0 cm³/mol. The second-order valence-electron chi connectivity index (χ2n) is 7.01. The highest BCUT2D eigenvalue weighted by Gasteiger charge is 2.37. The lowest BCUT2D eigenvalue weighted by molar-refractivity contribution is 0.519. The van der Waals surface area contributed by atoms with Gasteiger partial charge in [0.2, 0.25) is 0 Å². The molecule has 4 nitrogen and oxygen atoms in total. The Labute approximate surface area is 141 Å². The van der Waals surface area contributed by atoms with Gasteiger partial charge in [0.1, 0.15) is 0 Å². The van der Waals surface area contributed by atoms with Gasteiger partial charge in [0, 0.05) is 24.7 Å². The summed E-state index contributed by atoms with van der Waals surface area (Å²) in [5, 5.41) is 15.0. The topological polar surface area (TPSA) is 99.7 Å². The summed E-state index contributed by atoms with van der Waals surface area (Å²) in [6.45, 7) is 0. The van der Waals surface area contributed by atoms with Gasteiger partial charge >= 0.3 is 0 Å². The average molecular weight is 318 g/mol. The Kier molecular flexibility index (Phi) is 3.41. The summed E-state index contributed by atoms with van der Waals surface area (Å²) in [7, 11) is 0. The molecule has 5 rings (SSSR count). The van der Waals surface area contributed by atoms with E-state index in [0.29, 0.717) is 24.7 Å². The summed E-state index contributed by atoms with van der Waals surface area (Å²) in [4.78, 5) is 0. The van der Waals surface area contributed by atoms with E-state index in [1.807, 2.05) is 0 Å². The molecular formula is C20H22N4. The molecule has 2 bridgehead atoms. The van der Waals surface area contributed by atoms with E-state index in [-0.39, 0.29) is 11.7 Å². The quantitative estimate of drug-likeness (QED) is 0.514. The molecule has 0 aliphatic heterocycles. The lowest BCUT2D eigenvalue weighted by atomic mass is 9.63. The Morgan fingerprint density at radius 1 is 0.750 bits per heavy atom. The molecule has 2 atom stereocenters. The fourth-order valence-corrected chi connectivity index (χ4v) is 4.44. The Hall–Kier alpha value is -2.62. The van der Waals surface area contributed by atoms with Crippen molar-refractivity contribution in [3.63, 3.8) is 0 Å². The van der Waals surface area contributed by atoms with Gasteiger partial charge in [-0.15, -0.1) is 0 Å². The summed E-state index contributed by atoms with van der Waals surface area (Å²) in [6.07, 6.45) is 3.41. The fourth-order valence-electron chi connectivity index (χ4n) is 4.44. The number of benzene rings is 2. The number of rotatable bonds is 4. The van der Waals surface area contributed by atoms with E-state index in [4.69, 9.17) is 22.3 Å². The molecule has 0 saturated heterocycles. The highest BCUT2D eigenvalue weighted by atomic mass is 14.7. The molecule has 0 heterocycles. The largest absolute Gasteiger partial charge is 0.387 e. The van der Waals surface area contributed by atoms with Gasteiger partial charge in [-0.05, 0) is 46.2 Å². The highest BCUT2D eigenvalue weighted by Crippen LogP contribution is 2.53. The molecule has 2 aromatic rings. The zero-order valence-electron chi connectivity index (χ0n) is 13.6. The minimum absolute atomic E-state index is 0.213. The van der Waals surface area contributed by atoms with Crippen LogP contribution >= 0.6 is 0 Å². The van der Waals surface area contributed by atoms with Gasteiger partial charge in [-0.1, -0.05) is 36.4 Å². The number of nitrogens with one attached hydrogen (secondary N) is 2. The summed E-state index contributed by atoms with van der Waals surface area (Å²) in [5.41, 5.74) is 19.1. The van der Waals surface area contributed by atoms with Crippen LogP contribution in [0.15, 0.2) is 36.4 Å². The van der Waals surface area contributed by atoms with E-state index in [9.17, 15) is 0 Å². The van der Waals surface area contributed by atoms with Crippen LogP contribution < -0.4 is 11.5 Å². The maximum atomic E-state index is 7.52. The molecule has 0 spiro atoms. The third kappa shape index (κ3) is 2.39. The van der Waals surface area contributed by atoms with Crippen LogP contribution in [0.25, 0.3) is 0 Å². The predicted octanol–water partition coefficient (Wildman–Crippen LogP) is 3.01. The van der Waals surface area contributed by atoms with Gasteiger partial charge in [0.25, 0.3) is 0 Å². The molecule has 2 aromatic carbocycles. The zero-order chi connectivity index (χ0) is 16.8. The lowest BCUT2D eigenvalue weighted by Crippen LogP contribution is -2.25. The molecule has 0 aromatic heterocycles. The first-order valence-electron chi connectivity index (χ1n) is 8.44. The van der Waals surface area contributed by atoms with Crippen LogP contribution in [0.4, 0.5) is 0 Å². The summed E-state index contributed by atoms with van der Waals surface area (Å²) >= 11 is 0. The molecule has 0 radical (unpaired) electrons. The number of hydrogen-bond acceptors (Lipinski definition) is 2. The standard InChI is InChI=1S/C20H22N4/c21-19(22)9-11-1-3-13-15-5-6-16(17(13)7-11)14-4-2-12(8-18(14)15)10-20(23)24/h1-4,7-8,15-16H,5-6,9-10H2,(H3,21,22)(H3,23,24). The maximum absolute atomic E-state index is 7.52. The normalized spacial score (nSPS) is 20.3. The first kappa shape index (κ1) is 14.9. The van der Waals surface area contributed by atoms with Crippen molar-refractivity contribution in [3.8, 4) is 0 Å². The van der Waals surface area contributed by atoms with Crippen LogP contribution in [0.3, 0.4) is 0 Å². The smallest absolute Gasteiger partial charge is 0.0950 e. The lowest BCUT2D eigenvalue weighted by Gasteiger charge is -2.41. The van der Waals surface area contributed by atoms with Crippen molar-refractivity contribution < 1.29 is 0 Å². The molecule has 4 heteroatoms. The van der Waals surface area contributed by atoms with Gasteiger partial charge < -0.3 is 11.5 Å². The van der Waals surface area contributed by atoms with E-state index in [1.54, 1.807) is 0 Å². The molecule has 2 unspecified atom stereocenters. The van der Waals surface area contributed by atoms with Crippen LogP contribution in [-0.2, 0) is 12.8 Å². The van der Waals surface area contributed by atoms with Crippen molar-refractivity contribution >= 4 is 11.7 Å². The van der Waals surface area contributed by atoms with Crippen molar-refractivity contribution in [2.75, 3.05) is 0 Å². The minimum Gasteiger partial charge on any atom is -0.387 e. The van der Waals surface area contributed by atoms with Crippen molar-refractivity contribution in [1.82, 2.24) is 0 Å². The Morgan fingerprint density at radius 2 is 1.17 bits per heavy atom. The number of hydrogen-bond donors (Lipinski definition) is 4. The van der Waals surface area contributed by atoms with Crippen molar-refractivity contribution in [3.05, 3.63) is 69.8 Å². The first-order chi connectivity index (χ1) is 11.5. The number of fused-ring (bicyclic) bond motifs is 1. The van der Waals surface area contributed by atoms with Gasteiger partial charge in [-0.2, -0.15) is 0 Å². The second-order valence-corrected chi connectivity index (χ2v) is 7.01. The van der Waals surface area contributed by atoms with Gasteiger partial charge in [0.15, 0.2) is 0 Å². The van der Waals surface area contributed by atoms with Crippen LogP contribution in [0.5, 0.6) is 0 Å². The van der Waals surface area contributed by atoms with E-state index >= 15 is 0 Å². The highest BCUT2D eigenvalue weighted by molar-refractivity contribution is 5.80. The minimum atomic E-state index is 0.213. The maximum Gasteiger partial charge on any atom is 0.0950 e. The Bertz CT molecular complexity index is 781. The summed E-state index contributed by atoms with van der Waals surface area (Å²) < 4.78 is 0. The van der Waals surface area contributed by atoms with Crippen LogP contribution in [0.1, 0.15) is 58.1 Å². The molecule has 0 amide bonds. The van der Waals surface area contributed by atoms with E-state index in [1.165, 1.54) is 35.1 Å². The molecule has 24 heavy (non-hydrogen) atoms. The Morgan fingerprint density at radius 3 is 1.54 bits per heavy atom. The van der Waals surface area contributed by atoms with Crippen molar-refractivity contribution in [2.45, 2.75) is 37.5 Å².